The Morgan fingerprint density at radius 1 is 0.561 bits per heavy atom. The molecule has 4 aliphatic heterocycles. The number of amides is 19. The zero-order chi connectivity index (χ0) is 103. The molecule has 8 unspecified atom stereocenters. The number of hydrogen-bond acceptors (Lipinski definition) is 26. The predicted molar refractivity (Wildman–Crippen MR) is 519 cm³/mol. The van der Waals surface area contributed by atoms with Crippen LogP contribution in [-0.4, -0.2) is 294 Å². The Hall–Kier alpha value is -10.3. The van der Waals surface area contributed by atoms with Crippen LogP contribution >= 0.6 is 21.6 Å². The fourth-order valence-corrected chi connectivity index (χ4v) is 22.8. The summed E-state index contributed by atoms with van der Waals surface area (Å²) in [5, 5.41) is 59.3. The second-order valence-corrected chi connectivity index (χ2v) is 43.3. The van der Waals surface area contributed by atoms with Crippen molar-refractivity contribution in [2.24, 2.45) is 75.1 Å². The standard InChI is InChI=1S/C92H156N24O21S2/c1-12-60(76(124)106-64(41-54-30-31-56-24-13-14-25-57(56)40-54)83(131)115-92(32-38-137-39-33-92)88(136)111-63(28-16-18-36-100-52(5)119)77(125)107-66(44-69(93)121)81(129)110-68(42-55-23-20-34-98-46-55)87(135)116(11)48-71(95)123)104-85(133)74-90(7,8)138-139-91(9,10)75(113-78(126)61(103-53(6)120)29-21-37-101-89(96)97)86(134)109-67(45-70(94)122)82(130)112-73(50(3)117)84(132)108-65(43-58-47-102-72-49(2)22-19-26-59(58)72)80(128)105-62(79(127)114-74)27-15-17-35-99-51(4)118/h49-50,54-68,72-75,98,102,117H,12-48H2,1-11H3,(H2,93,121)(H2,94,122)(H2,95,123)(H,99,118)(H,100,119)(H,103,120)(H,104,133)(H,105,128)(H,106,124)(H,107,125)(H,108,132)(H,109,134)(H,110,129)(H,111,136)(H,112,130)(H,113,126)(H,114,127)(H,115,131)(H4,96,97,101)/t49?,50-,54?,55?,56?,57?,58?,59?,60+,61-,62+,63+,64+,65+,66+,67+,68+,72?,73+,74-,75-/m1/s1. The summed E-state index contributed by atoms with van der Waals surface area (Å²) in [6, 6.07) is -19.5. The number of aliphatic hydroxyl groups excluding tert-OH is 1. The molecule has 0 aromatic heterocycles. The second kappa shape index (κ2) is 55.8. The average Bonchev–Trinajstić information content (AvgIpc) is 1.79. The number of guanidine groups is 1. The van der Waals surface area contributed by atoms with E-state index in [2.05, 4.69) is 102 Å². The largest absolute Gasteiger partial charge is 0.391 e. The SMILES string of the molecule is CC[C@H](NC(=O)[C@H]1NC(=O)[C@H](CCCCNC(C)=O)NC(=O)[C@H](CC2CNC3C(C)CCCC23)NC(=O)[C@H]([C@@H](C)O)NC(=O)[C@H](CC(N)=O)NC(=O)[C@@H](NC(=O)[C@@H](CCCN=C(N)N)NC(C)=O)C(C)(C)SSC1(C)C)C(=O)N[C@@H](CC1CCC2CCCCC2C1)C(=O)NC1(C(=O)N[C@@H](CCCCNC(C)=O)C(=O)N[C@@H](CC(N)=O)C(=O)N[C@@H](CC2CCCNC2)C(=O)N(C)CC(N)=O)CCOCC1. The van der Waals surface area contributed by atoms with E-state index in [1.807, 2.05) is 0 Å². The Morgan fingerprint density at radius 3 is 1.78 bits per heavy atom. The van der Waals surface area contributed by atoms with E-state index < -0.39 is 213 Å². The fourth-order valence-electron chi connectivity index (χ4n) is 20.0. The number of aliphatic hydroxyl groups is 1. The van der Waals surface area contributed by atoms with Crippen molar-refractivity contribution in [1.29, 1.82) is 0 Å². The van der Waals surface area contributed by atoms with Crippen LogP contribution in [0.5, 0.6) is 0 Å². The van der Waals surface area contributed by atoms with Crippen molar-refractivity contribution in [3.63, 3.8) is 0 Å². The number of ether oxygens (including phenoxy) is 1. The predicted octanol–water partition coefficient (Wildman–Crippen LogP) is -3.61. The zero-order valence-electron chi connectivity index (χ0n) is 82.5. The van der Waals surface area contributed by atoms with Crippen molar-refractivity contribution in [2.75, 3.05) is 66.1 Å². The van der Waals surface area contributed by atoms with Crippen LogP contribution in [0.15, 0.2) is 4.99 Å². The van der Waals surface area contributed by atoms with Crippen molar-refractivity contribution in [1.82, 2.24) is 95.3 Å². The van der Waals surface area contributed by atoms with Gasteiger partial charge in [-0.15, -0.1) is 0 Å². The van der Waals surface area contributed by atoms with Gasteiger partial charge in [0.15, 0.2) is 5.96 Å². The lowest BCUT2D eigenvalue weighted by molar-refractivity contribution is -0.142. The molecule has 47 heteroatoms. The molecule has 3 saturated carbocycles. The molecule has 19 amide bonds. The number of aliphatic imine (C=N–C) groups is 1. The van der Waals surface area contributed by atoms with Gasteiger partial charge in [-0.05, 0) is 211 Å². The monoisotopic (exact) mass is 2000 g/mol. The maximum Gasteiger partial charge on any atom is 0.246 e. The first-order chi connectivity index (χ1) is 65.6. The summed E-state index contributed by atoms with van der Waals surface area (Å²) in [6.45, 7) is 15.9. The molecule has 4 saturated heterocycles. The minimum absolute atomic E-state index is 0.00262. The Morgan fingerprint density at radius 2 is 1.16 bits per heavy atom. The number of carbonyl (C=O) groups is 19. The van der Waals surface area contributed by atoms with Gasteiger partial charge in [0.05, 0.1) is 25.5 Å². The zero-order valence-corrected chi connectivity index (χ0v) is 84.1. The quantitative estimate of drug-likeness (QED) is 0.0121. The molecule has 0 bridgehead atoms. The van der Waals surface area contributed by atoms with E-state index in [4.69, 9.17) is 33.4 Å². The summed E-state index contributed by atoms with van der Waals surface area (Å²) < 4.78 is 2.48. The normalized spacial score (nSPS) is 26.5. The average molecular weight is 2000 g/mol. The number of unbranched alkanes of at least 4 members (excludes halogenated alkanes) is 2. The van der Waals surface area contributed by atoms with Gasteiger partial charge in [0.1, 0.15) is 78.0 Å². The van der Waals surface area contributed by atoms with Crippen molar-refractivity contribution in [2.45, 2.75) is 349 Å². The molecule has 782 valence electrons. The van der Waals surface area contributed by atoms with Gasteiger partial charge in [-0.2, -0.15) is 0 Å². The Bertz CT molecular complexity index is 4300. The Kier molecular flexibility index (Phi) is 46.5. The van der Waals surface area contributed by atoms with Gasteiger partial charge in [0, 0.05) is 89.0 Å². The molecule has 0 aromatic rings. The molecular formula is C92H156N24O21S2. The number of primary amides is 3. The summed E-state index contributed by atoms with van der Waals surface area (Å²) in [5.74, 6) is -16.8. The molecule has 7 rings (SSSR count). The summed E-state index contributed by atoms with van der Waals surface area (Å²) in [7, 11) is 3.10. The number of fused-ring (bicyclic) bond motifs is 2. The van der Waals surface area contributed by atoms with Gasteiger partial charge in [0.25, 0.3) is 0 Å². The number of hydrogen-bond donors (Lipinski definition) is 23. The number of nitrogens with two attached hydrogens (primary N) is 5. The third kappa shape index (κ3) is 37.0. The summed E-state index contributed by atoms with van der Waals surface area (Å²) in [5.41, 5.74) is 26.3. The van der Waals surface area contributed by atoms with E-state index in [1.54, 1.807) is 20.8 Å². The summed E-state index contributed by atoms with van der Waals surface area (Å²) >= 11 is 0. The molecule has 0 aromatic carbocycles. The fraction of sp³-hybridized carbons (Fsp3) is 0.783. The van der Waals surface area contributed by atoms with E-state index in [9.17, 15) is 53.1 Å². The van der Waals surface area contributed by atoms with Crippen LogP contribution in [0.1, 0.15) is 249 Å². The molecule has 4 heterocycles. The maximum atomic E-state index is 16.2. The third-order valence-electron chi connectivity index (χ3n) is 27.6. The minimum atomic E-state index is -1.95. The van der Waals surface area contributed by atoms with Crippen LogP contribution in [-0.2, 0) is 95.8 Å². The van der Waals surface area contributed by atoms with Gasteiger partial charge in [-0.1, -0.05) is 74.0 Å². The number of likely N-dealkylation sites (N-methyl/N-ethyl adjacent to an activating group) is 1. The molecule has 7 fully saturated rings. The highest BCUT2D eigenvalue weighted by atomic mass is 33.1. The molecule has 3 aliphatic carbocycles. The first kappa shape index (κ1) is 116. The molecule has 7 aliphatic rings. The Balaban J connectivity index is 1.30. The third-order valence-corrected chi connectivity index (χ3v) is 31.9. The van der Waals surface area contributed by atoms with E-state index in [0.29, 0.717) is 44.2 Å². The van der Waals surface area contributed by atoms with Crippen LogP contribution < -0.4 is 119 Å². The van der Waals surface area contributed by atoms with Crippen LogP contribution in [0.2, 0.25) is 0 Å². The topological polar surface area (TPSA) is 704 Å². The van der Waals surface area contributed by atoms with Crippen LogP contribution in [0.25, 0.3) is 0 Å². The second-order valence-electron chi connectivity index (χ2n) is 39.9. The molecule has 28 N–H and O–H groups in total. The number of nitrogens with zero attached hydrogens (tertiary/aromatic N) is 2. The maximum absolute atomic E-state index is 16.2. The molecule has 139 heavy (non-hydrogen) atoms. The molecule has 45 nitrogen and oxygen atoms in total. The minimum Gasteiger partial charge on any atom is -0.391 e. The van der Waals surface area contributed by atoms with E-state index >= 15 is 43.2 Å². The lowest BCUT2D eigenvalue weighted by Crippen LogP contribution is -2.67. The number of piperidine rings is 1. The van der Waals surface area contributed by atoms with E-state index in [1.165, 1.54) is 41.7 Å². The van der Waals surface area contributed by atoms with E-state index in [-0.39, 0.29) is 176 Å². The van der Waals surface area contributed by atoms with Crippen molar-refractivity contribution in [3.05, 3.63) is 0 Å². The van der Waals surface area contributed by atoms with Gasteiger partial charge in [-0.25, -0.2) is 0 Å². The van der Waals surface area contributed by atoms with Crippen LogP contribution in [0.3, 0.4) is 0 Å². The van der Waals surface area contributed by atoms with Gasteiger partial charge >= 0.3 is 0 Å². The first-order valence-electron chi connectivity index (χ1n) is 49.3. The van der Waals surface area contributed by atoms with Crippen LogP contribution in [0.4, 0.5) is 0 Å². The molecule has 0 spiro atoms. The lowest BCUT2D eigenvalue weighted by atomic mass is 9.66. The highest BCUT2D eigenvalue weighted by Crippen LogP contribution is 2.48. The Labute approximate surface area is 821 Å². The first-order valence-corrected chi connectivity index (χ1v) is 51.4. The highest BCUT2D eigenvalue weighted by Gasteiger charge is 2.51. The molecule has 21 atom stereocenters. The van der Waals surface area contributed by atoms with Crippen molar-refractivity contribution >= 4 is 140 Å². The van der Waals surface area contributed by atoms with Crippen LogP contribution in [0, 0.1) is 41.4 Å². The summed E-state index contributed by atoms with van der Waals surface area (Å²) in [6.07, 6.45) is 6.75. The summed E-state index contributed by atoms with van der Waals surface area (Å²) in [4.78, 5) is 279. The van der Waals surface area contributed by atoms with Gasteiger partial charge in [0.2, 0.25) is 112 Å². The molecular weight excluding hydrogens is 1840 g/mol. The van der Waals surface area contributed by atoms with Gasteiger partial charge < -0.3 is 134 Å². The number of rotatable bonds is 44. The van der Waals surface area contributed by atoms with Crippen molar-refractivity contribution < 1.29 is 101 Å². The highest BCUT2D eigenvalue weighted by molar-refractivity contribution is 8.77. The van der Waals surface area contributed by atoms with Gasteiger partial charge in [-0.3, -0.25) is 96.1 Å². The van der Waals surface area contributed by atoms with E-state index in [0.717, 1.165) is 97.7 Å². The number of carbonyl (C=O) groups excluding carboxylic acids is 19. The number of nitrogens with one attached hydrogen (secondary N) is 17. The molecule has 0 radical (unpaired) electrons. The van der Waals surface area contributed by atoms with Crippen molar-refractivity contribution in [3.8, 4) is 0 Å². The smallest absolute Gasteiger partial charge is 0.246 e. The lowest BCUT2D eigenvalue weighted by Gasteiger charge is -2.41.